The van der Waals surface area contributed by atoms with Crippen LogP contribution in [-0.4, -0.2) is 17.5 Å². The van der Waals surface area contributed by atoms with Crippen molar-refractivity contribution in [3.63, 3.8) is 0 Å². The van der Waals surface area contributed by atoms with Gasteiger partial charge in [0.05, 0.1) is 0 Å². The van der Waals surface area contributed by atoms with Crippen LogP contribution in [0.25, 0.3) is 0 Å². The van der Waals surface area contributed by atoms with E-state index < -0.39 is 0 Å². The van der Waals surface area contributed by atoms with E-state index in [4.69, 9.17) is 0 Å². The molecule has 0 heterocycles. The van der Waals surface area contributed by atoms with Gasteiger partial charge in [-0.3, -0.25) is 0 Å². The fourth-order valence-corrected chi connectivity index (χ4v) is 1.98. The summed E-state index contributed by atoms with van der Waals surface area (Å²) < 4.78 is 0. The minimum Gasteiger partial charge on any atom is -0.375 e. The molecule has 1 unspecified atom stereocenters. The van der Waals surface area contributed by atoms with Crippen molar-refractivity contribution in [2.45, 2.75) is 46.6 Å². The maximum atomic E-state index is 3.96. The zero-order chi connectivity index (χ0) is 15.7. The second-order valence-corrected chi connectivity index (χ2v) is 5.50. The molecule has 0 radical (unpaired) electrons. The van der Waals surface area contributed by atoms with Crippen LogP contribution in [0.15, 0.2) is 66.6 Å². The second kappa shape index (κ2) is 9.23. The second-order valence-electron chi connectivity index (χ2n) is 5.50. The van der Waals surface area contributed by atoms with Crippen molar-refractivity contribution in [2.75, 3.05) is 6.54 Å². The van der Waals surface area contributed by atoms with Gasteiger partial charge >= 0.3 is 0 Å². The van der Waals surface area contributed by atoms with E-state index in [2.05, 4.69) is 56.9 Å². The summed E-state index contributed by atoms with van der Waals surface area (Å²) in [5.74, 6) is 0. The molecular formula is C19H29N. The van der Waals surface area contributed by atoms with Crippen LogP contribution in [0.4, 0.5) is 0 Å². The third-order valence-corrected chi connectivity index (χ3v) is 3.28. The normalized spacial score (nSPS) is 12.3. The lowest BCUT2D eigenvalue weighted by atomic mass is 9.98. The van der Waals surface area contributed by atoms with E-state index in [1.807, 2.05) is 20.0 Å². The molecule has 0 aliphatic rings. The highest BCUT2D eigenvalue weighted by Crippen LogP contribution is 2.20. The largest absolute Gasteiger partial charge is 0.375 e. The first kappa shape index (κ1) is 18.3. The van der Waals surface area contributed by atoms with Crippen LogP contribution in [0.2, 0.25) is 0 Å². The minimum atomic E-state index is 0.376. The Labute approximate surface area is 125 Å². The van der Waals surface area contributed by atoms with Gasteiger partial charge in [-0.05, 0) is 57.9 Å². The van der Waals surface area contributed by atoms with E-state index in [1.165, 1.54) is 11.1 Å². The van der Waals surface area contributed by atoms with Gasteiger partial charge in [0.15, 0.2) is 0 Å². The first-order valence-corrected chi connectivity index (χ1v) is 7.07. The van der Waals surface area contributed by atoms with Crippen LogP contribution in [-0.2, 0) is 0 Å². The monoisotopic (exact) mass is 271 g/mol. The molecule has 0 saturated heterocycles. The zero-order valence-electron chi connectivity index (χ0n) is 13.6. The van der Waals surface area contributed by atoms with Gasteiger partial charge in [0.1, 0.15) is 0 Å². The van der Waals surface area contributed by atoms with E-state index in [0.717, 1.165) is 30.5 Å². The van der Waals surface area contributed by atoms with E-state index in [9.17, 15) is 0 Å². The number of hydrogen-bond acceptors (Lipinski definition) is 1. The summed E-state index contributed by atoms with van der Waals surface area (Å²) in [7, 11) is 0. The van der Waals surface area contributed by atoms with Crippen molar-refractivity contribution in [1.29, 1.82) is 0 Å². The summed E-state index contributed by atoms with van der Waals surface area (Å²) in [6.45, 7) is 24.9. The van der Waals surface area contributed by atoms with Gasteiger partial charge in [-0.15, -0.1) is 12.3 Å². The molecule has 0 aliphatic heterocycles. The molecule has 0 rings (SSSR count). The van der Waals surface area contributed by atoms with Crippen LogP contribution in [0, 0.1) is 0 Å². The number of allylic oxidation sites excluding steroid dienone is 3. The van der Waals surface area contributed by atoms with Gasteiger partial charge in [-0.25, -0.2) is 0 Å². The Bertz CT molecular complexity index is 444. The number of nitrogens with zero attached hydrogens (tertiary/aromatic N) is 1. The van der Waals surface area contributed by atoms with Crippen molar-refractivity contribution in [2.24, 2.45) is 0 Å². The van der Waals surface area contributed by atoms with Gasteiger partial charge in [-0.1, -0.05) is 37.0 Å². The van der Waals surface area contributed by atoms with Crippen molar-refractivity contribution in [1.82, 2.24) is 4.90 Å². The molecule has 0 aromatic rings. The molecule has 1 nitrogen and oxygen atoms in total. The minimum absolute atomic E-state index is 0.376. The Hall–Kier alpha value is -1.72. The molecule has 1 heteroatoms. The topological polar surface area (TPSA) is 3.24 Å². The maximum absolute atomic E-state index is 3.96. The highest BCUT2D eigenvalue weighted by atomic mass is 15.1. The predicted molar refractivity (Wildman–Crippen MR) is 91.6 cm³/mol. The van der Waals surface area contributed by atoms with E-state index in [1.54, 1.807) is 0 Å². The van der Waals surface area contributed by atoms with Crippen LogP contribution in [0.1, 0.15) is 40.5 Å². The Morgan fingerprint density at radius 3 is 2.25 bits per heavy atom. The third kappa shape index (κ3) is 7.01. The van der Waals surface area contributed by atoms with Crippen molar-refractivity contribution in [3.8, 4) is 0 Å². The van der Waals surface area contributed by atoms with E-state index in [0.29, 0.717) is 6.04 Å². The molecule has 0 bridgehead atoms. The SMILES string of the molecule is C=C=C(C)/C(=C/C(=C)C)CC(C)N(C=C)CCC(=C)C. The van der Waals surface area contributed by atoms with E-state index in [-0.39, 0.29) is 0 Å². The Morgan fingerprint density at radius 1 is 1.25 bits per heavy atom. The molecule has 0 saturated carbocycles. The van der Waals surface area contributed by atoms with Crippen LogP contribution < -0.4 is 0 Å². The average Bonchev–Trinajstić information content (AvgIpc) is 2.36. The maximum Gasteiger partial charge on any atom is 0.0296 e. The first-order valence-electron chi connectivity index (χ1n) is 7.07. The fraction of sp³-hybridized carbons (Fsp3) is 0.421. The van der Waals surface area contributed by atoms with Crippen molar-refractivity contribution < 1.29 is 0 Å². The standard InChI is InChI=1S/C19H29N/c1-9-17(7)19(13-16(5)6)14-18(8)20(10-2)12-11-15(3)4/h10,13,18H,1-3,5,11-12,14H2,4,6-8H3/b19-13+. The van der Waals surface area contributed by atoms with Crippen LogP contribution in [0.3, 0.4) is 0 Å². The van der Waals surface area contributed by atoms with Gasteiger partial charge in [0.2, 0.25) is 0 Å². The lowest BCUT2D eigenvalue weighted by Crippen LogP contribution is -2.29. The van der Waals surface area contributed by atoms with Crippen LogP contribution in [0.5, 0.6) is 0 Å². The zero-order valence-corrected chi connectivity index (χ0v) is 13.6. The third-order valence-electron chi connectivity index (χ3n) is 3.28. The highest BCUT2D eigenvalue weighted by molar-refractivity contribution is 5.34. The summed E-state index contributed by atoms with van der Waals surface area (Å²) in [4.78, 5) is 2.26. The van der Waals surface area contributed by atoms with E-state index >= 15 is 0 Å². The molecule has 110 valence electrons. The Morgan fingerprint density at radius 2 is 1.85 bits per heavy atom. The quantitative estimate of drug-likeness (QED) is 0.308. The molecule has 20 heavy (non-hydrogen) atoms. The Kier molecular flexibility index (Phi) is 8.43. The van der Waals surface area contributed by atoms with Gasteiger partial charge < -0.3 is 4.90 Å². The first-order chi connectivity index (χ1) is 9.31. The molecule has 0 aliphatic carbocycles. The van der Waals surface area contributed by atoms with Crippen molar-refractivity contribution in [3.05, 3.63) is 66.6 Å². The summed E-state index contributed by atoms with van der Waals surface area (Å²) in [6.07, 6.45) is 5.96. The number of rotatable bonds is 9. The molecule has 0 aromatic carbocycles. The lowest BCUT2D eigenvalue weighted by molar-refractivity contribution is 0.295. The number of hydrogen-bond donors (Lipinski definition) is 0. The average molecular weight is 271 g/mol. The summed E-state index contributed by atoms with van der Waals surface area (Å²) in [5, 5.41) is 0. The molecule has 0 amide bonds. The molecule has 0 spiro atoms. The van der Waals surface area contributed by atoms with Gasteiger partial charge in [-0.2, -0.15) is 0 Å². The smallest absolute Gasteiger partial charge is 0.0296 e. The fourth-order valence-electron chi connectivity index (χ4n) is 1.98. The molecule has 0 fully saturated rings. The van der Waals surface area contributed by atoms with Crippen LogP contribution >= 0.6 is 0 Å². The molecule has 0 N–H and O–H groups in total. The summed E-state index contributed by atoms with van der Waals surface area (Å²) >= 11 is 0. The molecule has 0 aromatic heterocycles. The summed E-state index contributed by atoms with van der Waals surface area (Å²) in [6, 6.07) is 0.376. The Balaban J connectivity index is 4.93. The van der Waals surface area contributed by atoms with Gasteiger partial charge in [0.25, 0.3) is 0 Å². The van der Waals surface area contributed by atoms with Crippen molar-refractivity contribution >= 4 is 0 Å². The molecular weight excluding hydrogens is 242 g/mol. The highest BCUT2D eigenvalue weighted by Gasteiger charge is 2.12. The lowest BCUT2D eigenvalue weighted by Gasteiger charge is -2.28. The predicted octanol–water partition coefficient (Wildman–Crippen LogP) is 5.41. The molecule has 1 atom stereocenters. The van der Waals surface area contributed by atoms with Gasteiger partial charge in [0, 0.05) is 12.6 Å². The summed E-state index contributed by atoms with van der Waals surface area (Å²) in [5.41, 5.74) is 7.55.